The van der Waals surface area contributed by atoms with E-state index in [4.69, 9.17) is 0 Å². The molecule has 0 fully saturated rings. The lowest BCUT2D eigenvalue weighted by Crippen LogP contribution is -1.99. The minimum atomic E-state index is -0.572. The molecule has 0 aliphatic carbocycles. The van der Waals surface area contributed by atoms with Crippen molar-refractivity contribution < 1.29 is 10.2 Å². The fourth-order valence-corrected chi connectivity index (χ4v) is 3.06. The lowest BCUT2D eigenvalue weighted by atomic mass is 10.0. The summed E-state index contributed by atoms with van der Waals surface area (Å²) < 4.78 is 1.50. The van der Waals surface area contributed by atoms with Gasteiger partial charge in [0.1, 0.15) is 5.75 Å². The largest absolute Gasteiger partial charge is 0.507 e. The third-order valence-corrected chi connectivity index (χ3v) is 4.30. The van der Waals surface area contributed by atoms with Crippen LogP contribution in [0.5, 0.6) is 5.75 Å². The maximum atomic E-state index is 9.73. The van der Waals surface area contributed by atoms with Gasteiger partial charge in [0.15, 0.2) is 0 Å². The summed E-state index contributed by atoms with van der Waals surface area (Å²) in [6, 6.07) is 0. The first-order chi connectivity index (χ1) is 6.37. The Morgan fingerprint density at radius 2 is 1.43 bits per heavy atom. The third kappa shape index (κ3) is 1.83. The molecule has 1 atom stereocenters. The molecule has 14 heavy (non-hydrogen) atoms. The number of hydrogen-bond acceptors (Lipinski definition) is 2. The molecule has 0 saturated carbocycles. The molecule has 0 amide bonds. The van der Waals surface area contributed by atoms with Crippen molar-refractivity contribution in [1.29, 1.82) is 0 Å². The summed E-state index contributed by atoms with van der Waals surface area (Å²) in [4.78, 5) is 0. The van der Waals surface area contributed by atoms with Gasteiger partial charge in [0.2, 0.25) is 0 Å². The van der Waals surface area contributed by atoms with E-state index in [1.54, 1.807) is 6.92 Å². The number of halogens is 2. The monoisotopic (exact) mass is 322 g/mol. The Morgan fingerprint density at radius 3 is 1.71 bits per heavy atom. The topological polar surface area (TPSA) is 40.5 Å². The number of phenolic OH excluding ortho intramolecular Hbond substituents is 1. The smallest absolute Gasteiger partial charge is 0.123 e. The van der Waals surface area contributed by atoms with Gasteiger partial charge in [-0.15, -0.1) is 0 Å². The molecule has 78 valence electrons. The number of hydrogen-bond donors (Lipinski definition) is 2. The molecule has 0 aromatic heterocycles. The van der Waals surface area contributed by atoms with Crippen LogP contribution in [0.2, 0.25) is 0 Å². The van der Waals surface area contributed by atoms with Gasteiger partial charge in [0.25, 0.3) is 0 Å². The number of aliphatic hydroxyl groups excluding tert-OH is 1. The first-order valence-electron chi connectivity index (χ1n) is 4.23. The fourth-order valence-electron chi connectivity index (χ4n) is 1.36. The van der Waals surface area contributed by atoms with Crippen LogP contribution in [0.4, 0.5) is 0 Å². The Bertz CT molecular complexity index is 344. The molecule has 0 aliphatic heterocycles. The SMILES string of the molecule is Cc1c(O)c(C)c(Br)c(C(C)O)c1Br. The zero-order chi connectivity index (χ0) is 11.0. The van der Waals surface area contributed by atoms with Gasteiger partial charge >= 0.3 is 0 Å². The highest BCUT2D eigenvalue weighted by Crippen LogP contribution is 2.41. The first-order valence-corrected chi connectivity index (χ1v) is 5.81. The van der Waals surface area contributed by atoms with Gasteiger partial charge in [0, 0.05) is 25.6 Å². The maximum Gasteiger partial charge on any atom is 0.123 e. The van der Waals surface area contributed by atoms with E-state index in [-0.39, 0.29) is 5.75 Å². The molecular formula is C10H12Br2O2. The number of rotatable bonds is 1. The van der Waals surface area contributed by atoms with Crippen LogP contribution in [0, 0.1) is 13.8 Å². The van der Waals surface area contributed by atoms with Crippen LogP contribution in [0.1, 0.15) is 29.7 Å². The molecule has 0 saturated heterocycles. The zero-order valence-corrected chi connectivity index (χ0v) is 11.4. The van der Waals surface area contributed by atoms with Crippen molar-refractivity contribution >= 4 is 31.9 Å². The lowest BCUT2D eigenvalue weighted by molar-refractivity contribution is 0.197. The van der Waals surface area contributed by atoms with Crippen molar-refractivity contribution in [2.24, 2.45) is 0 Å². The van der Waals surface area contributed by atoms with Gasteiger partial charge in [0.05, 0.1) is 6.10 Å². The van der Waals surface area contributed by atoms with Crippen LogP contribution in [-0.2, 0) is 0 Å². The predicted molar refractivity (Wildman–Crippen MR) is 63.6 cm³/mol. The maximum absolute atomic E-state index is 9.73. The predicted octanol–water partition coefficient (Wildman–Crippen LogP) is 3.59. The molecule has 1 aromatic rings. The average molecular weight is 324 g/mol. The van der Waals surface area contributed by atoms with Gasteiger partial charge < -0.3 is 10.2 Å². The summed E-state index contributed by atoms with van der Waals surface area (Å²) in [5.74, 6) is 0.258. The summed E-state index contributed by atoms with van der Waals surface area (Å²) in [5, 5.41) is 19.3. The van der Waals surface area contributed by atoms with E-state index >= 15 is 0 Å². The summed E-state index contributed by atoms with van der Waals surface area (Å²) in [7, 11) is 0. The molecule has 0 heterocycles. The molecule has 0 aliphatic rings. The molecule has 1 unspecified atom stereocenters. The Kier molecular flexibility index (Phi) is 3.61. The summed E-state index contributed by atoms with van der Waals surface area (Å²) in [5.41, 5.74) is 2.28. The van der Waals surface area contributed by atoms with E-state index in [0.29, 0.717) is 0 Å². The van der Waals surface area contributed by atoms with E-state index < -0.39 is 6.10 Å². The van der Waals surface area contributed by atoms with Crippen LogP contribution in [0.15, 0.2) is 8.95 Å². The van der Waals surface area contributed by atoms with E-state index in [0.717, 1.165) is 25.6 Å². The van der Waals surface area contributed by atoms with Crippen LogP contribution < -0.4 is 0 Å². The van der Waals surface area contributed by atoms with Gasteiger partial charge in [-0.25, -0.2) is 0 Å². The van der Waals surface area contributed by atoms with Crippen LogP contribution in [-0.4, -0.2) is 10.2 Å². The van der Waals surface area contributed by atoms with E-state index in [9.17, 15) is 10.2 Å². The Labute approximate surface area is 100 Å². The van der Waals surface area contributed by atoms with Crippen molar-refractivity contribution in [2.45, 2.75) is 26.9 Å². The number of phenols is 1. The molecule has 4 heteroatoms. The van der Waals surface area contributed by atoms with Crippen molar-refractivity contribution in [2.75, 3.05) is 0 Å². The minimum Gasteiger partial charge on any atom is -0.507 e. The molecule has 0 spiro atoms. The second-order valence-electron chi connectivity index (χ2n) is 3.32. The van der Waals surface area contributed by atoms with Crippen molar-refractivity contribution in [3.05, 3.63) is 25.6 Å². The van der Waals surface area contributed by atoms with E-state index in [1.165, 1.54) is 0 Å². The van der Waals surface area contributed by atoms with Crippen LogP contribution in [0.25, 0.3) is 0 Å². The number of aliphatic hydroxyl groups is 1. The summed E-state index contributed by atoms with van der Waals surface area (Å²) in [6.07, 6.45) is -0.572. The molecule has 1 rings (SSSR count). The van der Waals surface area contributed by atoms with Gasteiger partial charge in [-0.3, -0.25) is 0 Å². The van der Waals surface area contributed by atoms with E-state index in [2.05, 4.69) is 31.9 Å². The average Bonchev–Trinajstić information content (AvgIpc) is 2.11. The van der Waals surface area contributed by atoms with Gasteiger partial charge in [-0.05, 0) is 52.6 Å². The number of aromatic hydroxyl groups is 1. The van der Waals surface area contributed by atoms with E-state index in [1.807, 2.05) is 13.8 Å². The first kappa shape index (κ1) is 12.0. The Morgan fingerprint density at radius 1 is 1.07 bits per heavy atom. The lowest BCUT2D eigenvalue weighted by Gasteiger charge is -2.16. The highest BCUT2D eigenvalue weighted by molar-refractivity contribution is 9.11. The molecule has 2 N–H and O–H groups in total. The standard InChI is InChI=1S/C10H12Br2O2/c1-4-8(11)7(6(3)13)9(12)5(2)10(4)14/h6,13-14H,1-3H3. The van der Waals surface area contributed by atoms with Crippen LogP contribution >= 0.6 is 31.9 Å². The highest BCUT2D eigenvalue weighted by Gasteiger charge is 2.18. The molecule has 2 nitrogen and oxygen atoms in total. The normalized spacial score (nSPS) is 13.0. The molecule has 1 aromatic carbocycles. The fraction of sp³-hybridized carbons (Fsp3) is 0.400. The third-order valence-electron chi connectivity index (χ3n) is 2.26. The van der Waals surface area contributed by atoms with Crippen molar-refractivity contribution in [3.8, 4) is 5.75 Å². The zero-order valence-electron chi connectivity index (χ0n) is 8.23. The second kappa shape index (κ2) is 4.21. The second-order valence-corrected chi connectivity index (χ2v) is 4.90. The van der Waals surface area contributed by atoms with Crippen molar-refractivity contribution in [3.63, 3.8) is 0 Å². The van der Waals surface area contributed by atoms with Crippen molar-refractivity contribution in [1.82, 2.24) is 0 Å². The summed E-state index contributed by atoms with van der Waals surface area (Å²) >= 11 is 6.73. The Balaban J connectivity index is 3.60. The number of benzene rings is 1. The molecular weight excluding hydrogens is 312 g/mol. The van der Waals surface area contributed by atoms with Gasteiger partial charge in [-0.2, -0.15) is 0 Å². The quantitative estimate of drug-likeness (QED) is 0.829. The summed E-state index contributed by atoms with van der Waals surface area (Å²) in [6.45, 7) is 5.32. The minimum absolute atomic E-state index is 0.258. The highest BCUT2D eigenvalue weighted by atomic mass is 79.9. The van der Waals surface area contributed by atoms with Gasteiger partial charge in [-0.1, -0.05) is 0 Å². The molecule has 0 bridgehead atoms. The van der Waals surface area contributed by atoms with Crippen LogP contribution in [0.3, 0.4) is 0 Å². The Hall–Kier alpha value is -0.0600. The molecule has 0 radical (unpaired) electrons.